The maximum atomic E-state index is 11.9. The molecular formula is C14H14N2O. The van der Waals surface area contributed by atoms with E-state index in [-0.39, 0.29) is 5.91 Å². The van der Waals surface area contributed by atoms with Crippen LogP contribution in [0.3, 0.4) is 0 Å². The van der Waals surface area contributed by atoms with Crippen molar-refractivity contribution in [3.05, 3.63) is 59.4 Å². The Morgan fingerprint density at radius 3 is 2.53 bits per heavy atom. The van der Waals surface area contributed by atoms with E-state index in [1.165, 1.54) is 10.8 Å². The van der Waals surface area contributed by atoms with Gasteiger partial charge < -0.3 is 0 Å². The highest BCUT2D eigenvalue weighted by molar-refractivity contribution is 5.93. The molecule has 0 radical (unpaired) electrons. The zero-order valence-corrected chi connectivity index (χ0v) is 9.92. The van der Waals surface area contributed by atoms with Gasteiger partial charge in [0.1, 0.15) is 0 Å². The summed E-state index contributed by atoms with van der Waals surface area (Å²) in [7, 11) is 0. The minimum Gasteiger partial charge on any atom is -0.267 e. The summed E-state index contributed by atoms with van der Waals surface area (Å²) < 4.78 is 1.41. The summed E-state index contributed by atoms with van der Waals surface area (Å²) in [5, 5.41) is 4.14. The second-order valence-corrected chi connectivity index (χ2v) is 3.92. The fourth-order valence-corrected chi connectivity index (χ4v) is 1.65. The van der Waals surface area contributed by atoms with E-state index >= 15 is 0 Å². The first-order valence-electron chi connectivity index (χ1n) is 5.47. The lowest BCUT2D eigenvalue weighted by atomic mass is 10.2. The second-order valence-electron chi connectivity index (χ2n) is 3.92. The number of benzene rings is 1. The summed E-state index contributed by atoms with van der Waals surface area (Å²) in [5.74, 6) is -0.126. The molecule has 0 unspecified atom stereocenters. The van der Waals surface area contributed by atoms with Crippen molar-refractivity contribution in [3.8, 4) is 0 Å². The molecule has 0 aliphatic rings. The van der Waals surface area contributed by atoms with Gasteiger partial charge in [0.25, 0.3) is 5.91 Å². The molecule has 0 saturated heterocycles. The van der Waals surface area contributed by atoms with Crippen molar-refractivity contribution >= 4 is 12.0 Å². The smallest absolute Gasteiger partial charge is 0.267 e. The van der Waals surface area contributed by atoms with Crippen molar-refractivity contribution < 1.29 is 4.79 Å². The number of carbonyl (C=O) groups is 1. The Morgan fingerprint density at radius 1 is 1.24 bits per heavy atom. The van der Waals surface area contributed by atoms with E-state index in [2.05, 4.69) is 5.10 Å². The summed E-state index contributed by atoms with van der Waals surface area (Å²) in [6.07, 6.45) is 3.33. The van der Waals surface area contributed by atoms with Crippen molar-refractivity contribution in [1.29, 1.82) is 0 Å². The highest BCUT2D eigenvalue weighted by atomic mass is 16.2. The molecule has 2 rings (SSSR count). The molecule has 2 aromatic rings. The maximum absolute atomic E-state index is 11.9. The van der Waals surface area contributed by atoms with E-state index in [1.54, 1.807) is 6.08 Å². The van der Waals surface area contributed by atoms with Crippen LogP contribution in [0.1, 0.15) is 21.7 Å². The van der Waals surface area contributed by atoms with Gasteiger partial charge in [0.05, 0.1) is 5.69 Å². The summed E-state index contributed by atoms with van der Waals surface area (Å²) in [6, 6.07) is 11.6. The highest BCUT2D eigenvalue weighted by Gasteiger charge is 2.05. The summed E-state index contributed by atoms with van der Waals surface area (Å²) in [4.78, 5) is 11.9. The number of nitrogens with zero attached hydrogens (tertiary/aromatic N) is 2. The topological polar surface area (TPSA) is 34.9 Å². The Kier molecular flexibility index (Phi) is 3.19. The lowest BCUT2D eigenvalue weighted by molar-refractivity contribution is 0.0952. The monoisotopic (exact) mass is 226 g/mol. The molecule has 3 nitrogen and oxygen atoms in total. The zero-order chi connectivity index (χ0) is 12.3. The molecule has 1 aromatic carbocycles. The number of hydrogen-bond acceptors (Lipinski definition) is 2. The third-order valence-electron chi connectivity index (χ3n) is 2.44. The van der Waals surface area contributed by atoms with Gasteiger partial charge in [-0.25, -0.2) is 4.68 Å². The highest BCUT2D eigenvalue weighted by Crippen LogP contribution is 2.04. The Bertz CT molecular complexity index is 553. The Balaban J connectivity index is 2.18. The summed E-state index contributed by atoms with van der Waals surface area (Å²) in [5.41, 5.74) is 2.71. The molecular weight excluding hydrogens is 212 g/mol. The van der Waals surface area contributed by atoms with Crippen LogP contribution in [-0.2, 0) is 0 Å². The van der Waals surface area contributed by atoms with Crippen LogP contribution in [0.25, 0.3) is 6.08 Å². The average Bonchev–Trinajstić information content (AvgIpc) is 2.67. The van der Waals surface area contributed by atoms with Gasteiger partial charge in [-0.15, -0.1) is 0 Å². The number of allylic oxidation sites excluding steroid dienone is 1. The van der Waals surface area contributed by atoms with Crippen molar-refractivity contribution in [2.45, 2.75) is 13.8 Å². The number of hydrogen-bond donors (Lipinski definition) is 0. The fourth-order valence-electron chi connectivity index (χ4n) is 1.65. The normalized spacial score (nSPS) is 10.9. The zero-order valence-electron chi connectivity index (χ0n) is 9.92. The van der Waals surface area contributed by atoms with Crippen molar-refractivity contribution in [3.63, 3.8) is 0 Å². The van der Waals surface area contributed by atoms with Gasteiger partial charge in [-0.2, -0.15) is 5.10 Å². The van der Waals surface area contributed by atoms with Crippen LogP contribution in [0, 0.1) is 13.8 Å². The second kappa shape index (κ2) is 4.78. The van der Waals surface area contributed by atoms with Crippen LogP contribution < -0.4 is 0 Å². The molecule has 1 heterocycles. The van der Waals surface area contributed by atoms with Crippen LogP contribution in [0.2, 0.25) is 0 Å². The standard InChI is InChI=1S/C14H14N2O/c1-11-10-12(2)16(15-11)14(17)9-8-13-6-4-3-5-7-13/h3-10H,1-2H3/b9-8+. The third-order valence-corrected chi connectivity index (χ3v) is 2.44. The fraction of sp³-hybridized carbons (Fsp3) is 0.143. The van der Waals surface area contributed by atoms with Gasteiger partial charge in [-0.1, -0.05) is 30.3 Å². The molecule has 0 saturated carbocycles. The quantitative estimate of drug-likeness (QED) is 0.738. The minimum atomic E-state index is -0.126. The molecule has 86 valence electrons. The molecule has 0 aliphatic carbocycles. The predicted molar refractivity (Wildman–Crippen MR) is 67.8 cm³/mol. The number of rotatable bonds is 2. The molecule has 0 atom stereocenters. The van der Waals surface area contributed by atoms with Gasteiger partial charge in [-0.3, -0.25) is 4.79 Å². The van der Waals surface area contributed by atoms with E-state index in [4.69, 9.17) is 0 Å². The largest absolute Gasteiger partial charge is 0.271 e. The van der Waals surface area contributed by atoms with Crippen LogP contribution in [0.4, 0.5) is 0 Å². The first-order valence-corrected chi connectivity index (χ1v) is 5.47. The first-order chi connectivity index (χ1) is 8.16. The predicted octanol–water partition coefficient (Wildman–Crippen LogP) is 2.85. The third kappa shape index (κ3) is 2.69. The molecule has 3 heteroatoms. The molecule has 0 fully saturated rings. The first kappa shape index (κ1) is 11.3. The number of aryl methyl sites for hydroxylation is 2. The van der Waals surface area contributed by atoms with E-state index in [0.717, 1.165) is 17.0 Å². The van der Waals surface area contributed by atoms with E-state index in [1.807, 2.05) is 50.2 Å². The van der Waals surface area contributed by atoms with Gasteiger partial charge in [0.15, 0.2) is 0 Å². The SMILES string of the molecule is Cc1cc(C)n(C(=O)/C=C/c2ccccc2)n1. The van der Waals surface area contributed by atoms with Crippen molar-refractivity contribution in [2.75, 3.05) is 0 Å². The van der Waals surface area contributed by atoms with Crippen LogP contribution in [0.15, 0.2) is 42.5 Å². The van der Waals surface area contributed by atoms with Crippen LogP contribution >= 0.6 is 0 Å². The summed E-state index contributed by atoms with van der Waals surface area (Å²) in [6.45, 7) is 3.74. The minimum absolute atomic E-state index is 0.126. The molecule has 1 aromatic heterocycles. The van der Waals surface area contributed by atoms with E-state index in [0.29, 0.717) is 0 Å². The van der Waals surface area contributed by atoms with E-state index in [9.17, 15) is 4.79 Å². The van der Waals surface area contributed by atoms with Gasteiger partial charge >= 0.3 is 0 Å². The molecule has 0 N–H and O–H groups in total. The van der Waals surface area contributed by atoms with Crippen LogP contribution in [-0.4, -0.2) is 15.7 Å². The average molecular weight is 226 g/mol. The molecule has 0 amide bonds. The van der Waals surface area contributed by atoms with Crippen molar-refractivity contribution in [1.82, 2.24) is 9.78 Å². The number of carbonyl (C=O) groups excluding carboxylic acids is 1. The lowest BCUT2D eigenvalue weighted by Crippen LogP contribution is -2.10. The van der Waals surface area contributed by atoms with Crippen LogP contribution in [0.5, 0.6) is 0 Å². The summed E-state index contributed by atoms with van der Waals surface area (Å²) >= 11 is 0. The Labute approximate surface area is 100 Å². The molecule has 0 aliphatic heterocycles. The molecule has 0 bridgehead atoms. The van der Waals surface area contributed by atoms with Gasteiger partial charge in [0.2, 0.25) is 0 Å². The maximum Gasteiger partial charge on any atom is 0.271 e. The Hall–Kier alpha value is -2.16. The molecule has 17 heavy (non-hydrogen) atoms. The lowest BCUT2D eigenvalue weighted by Gasteiger charge is -1.97. The van der Waals surface area contributed by atoms with Gasteiger partial charge in [0, 0.05) is 11.8 Å². The Morgan fingerprint density at radius 2 is 1.94 bits per heavy atom. The van der Waals surface area contributed by atoms with Crippen molar-refractivity contribution in [2.24, 2.45) is 0 Å². The number of aromatic nitrogens is 2. The molecule has 0 spiro atoms. The van der Waals surface area contributed by atoms with E-state index < -0.39 is 0 Å². The van der Waals surface area contributed by atoms with Gasteiger partial charge in [-0.05, 0) is 31.6 Å².